The fraction of sp³-hybridized carbons (Fsp3) is 0.900. The molecule has 0 atom stereocenters. The van der Waals surface area contributed by atoms with Gasteiger partial charge in [0.1, 0.15) is 5.78 Å². The van der Waals surface area contributed by atoms with Crippen LogP contribution in [0.5, 0.6) is 0 Å². The van der Waals surface area contributed by atoms with Crippen LogP contribution in [0.1, 0.15) is 40.5 Å². The first-order chi connectivity index (χ1) is 5.42. The minimum Gasteiger partial charge on any atom is -0.381 e. The van der Waals surface area contributed by atoms with Crippen LogP contribution in [0.4, 0.5) is 0 Å². The largest absolute Gasteiger partial charge is 0.381 e. The molecule has 0 spiro atoms. The zero-order chi connectivity index (χ0) is 9.61. The van der Waals surface area contributed by atoms with Crippen molar-refractivity contribution in [3.8, 4) is 0 Å². The highest BCUT2D eigenvalue weighted by molar-refractivity contribution is 5.75. The number of ether oxygens (including phenoxy) is 1. The predicted molar refractivity (Wildman–Crippen MR) is 50.2 cm³/mol. The molecular weight excluding hydrogens is 152 g/mol. The van der Waals surface area contributed by atoms with Crippen LogP contribution in [0.3, 0.4) is 0 Å². The molecule has 0 aromatic rings. The molecule has 0 saturated carbocycles. The van der Waals surface area contributed by atoms with Gasteiger partial charge in [-0.15, -0.1) is 0 Å². The molecule has 0 aliphatic carbocycles. The number of hydrogen-bond donors (Lipinski definition) is 0. The molecule has 0 aliphatic rings. The summed E-state index contributed by atoms with van der Waals surface area (Å²) in [5, 5.41) is 0. The SMILES string of the molecule is CC(=O)CCOCCC(C)(C)C. The smallest absolute Gasteiger partial charge is 0.132 e. The Morgan fingerprint density at radius 3 is 2.25 bits per heavy atom. The van der Waals surface area contributed by atoms with Crippen LogP contribution < -0.4 is 0 Å². The van der Waals surface area contributed by atoms with Crippen LogP contribution in [0, 0.1) is 5.41 Å². The van der Waals surface area contributed by atoms with E-state index in [2.05, 4.69) is 20.8 Å². The van der Waals surface area contributed by atoms with Crippen LogP contribution in [-0.4, -0.2) is 19.0 Å². The Kier molecular flexibility index (Phi) is 5.14. The van der Waals surface area contributed by atoms with Gasteiger partial charge in [-0.2, -0.15) is 0 Å². The molecule has 0 aromatic heterocycles. The number of Topliss-reactive ketones (excluding diaryl/α,β-unsaturated/α-hetero) is 1. The average molecular weight is 172 g/mol. The van der Waals surface area contributed by atoms with E-state index in [0.717, 1.165) is 13.0 Å². The molecule has 0 rings (SSSR count). The second kappa shape index (κ2) is 5.31. The summed E-state index contributed by atoms with van der Waals surface area (Å²) in [7, 11) is 0. The first kappa shape index (κ1) is 11.6. The third-order valence-corrected chi connectivity index (χ3v) is 1.59. The number of ketones is 1. The molecule has 0 N–H and O–H groups in total. The fourth-order valence-corrected chi connectivity index (χ4v) is 0.696. The number of carbonyl (C=O) groups is 1. The van der Waals surface area contributed by atoms with E-state index in [-0.39, 0.29) is 5.78 Å². The lowest BCUT2D eigenvalue weighted by atomic mass is 9.93. The maximum absolute atomic E-state index is 10.5. The Hall–Kier alpha value is -0.370. The van der Waals surface area contributed by atoms with E-state index in [0.29, 0.717) is 18.4 Å². The molecule has 0 heterocycles. The van der Waals surface area contributed by atoms with Gasteiger partial charge in [-0.25, -0.2) is 0 Å². The molecule has 0 aromatic carbocycles. The molecule has 0 amide bonds. The van der Waals surface area contributed by atoms with Crippen molar-refractivity contribution >= 4 is 5.78 Å². The van der Waals surface area contributed by atoms with E-state index in [1.54, 1.807) is 6.92 Å². The first-order valence-corrected chi connectivity index (χ1v) is 4.49. The summed E-state index contributed by atoms with van der Waals surface area (Å²) in [6.07, 6.45) is 1.59. The summed E-state index contributed by atoms with van der Waals surface area (Å²) in [4.78, 5) is 10.5. The van der Waals surface area contributed by atoms with Gasteiger partial charge in [-0.1, -0.05) is 20.8 Å². The summed E-state index contributed by atoms with van der Waals surface area (Å²) in [5.41, 5.74) is 0.330. The van der Waals surface area contributed by atoms with Gasteiger partial charge in [0, 0.05) is 13.0 Å². The predicted octanol–water partition coefficient (Wildman–Crippen LogP) is 2.42. The molecular formula is C10H20O2. The minimum absolute atomic E-state index is 0.200. The number of rotatable bonds is 5. The number of carbonyl (C=O) groups excluding carboxylic acids is 1. The molecule has 72 valence electrons. The van der Waals surface area contributed by atoms with Gasteiger partial charge in [0.05, 0.1) is 6.61 Å². The fourth-order valence-electron chi connectivity index (χ4n) is 0.696. The van der Waals surface area contributed by atoms with E-state index in [1.165, 1.54) is 0 Å². The highest BCUT2D eigenvalue weighted by Gasteiger charge is 2.08. The summed E-state index contributed by atoms with van der Waals surface area (Å²) >= 11 is 0. The Balaban J connectivity index is 3.17. The minimum atomic E-state index is 0.200. The Bertz CT molecular complexity index is 133. The Morgan fingerprint density at radius 2 is 1.83 bits per heavy atom. The average Bonchev–Trinajstić information content (AvgIpc) is 1.83. The third-order valence-electron chi connectivity index (χ3n) is 1.59. The molecule has 0 bridgehead atoms. The lowest BCUT2D eigenvalue weighted by molar-refractivity contribution is -0.118. The maximum Gasteiger partial charge on any atom is 0.132 e. The quantitative estimate of drug-likeness (QED) is 0.595. The highest BCUT2D eigenvalue weighted by atomic mass is 16.5. The van der Waals surface area contributed by atoms with E-state index < -0.39 is 0 Å². The van der Waals surface area contributed by atoms with Crippen LogP contribution in [0.25, 0.3) is 0 Å². The van der Waals surface area contributed by atoms with Crippen molar-refractivity contribution in [2.45, 2.75) is 40.5 Å². The molecule has 0 aliphatic heterocycles. The summed E-state index contributed by atoms with van der Waals surface area (Å²) < 4.78 is 5.30. The van der Waals surface area contributed by atoms with Gasteiger partial charge < -0.3 is 4.74 Å². The van der Waals surface area contributed by atoms with E-state index >= 15 is 0 Å². The van der Waals surface area contributed by atoms with Gasteiger partial charge in [0.2, 0.25) is 0 Å². The van der Waals surface area contributed by atoms with Crippen molar-refractivity contribution in [3.63, 3.8) is 0 Å². The van der Waals surface area contributed by atoms with Gasteiger partial charge in [-0.05, 0) is 18.8 Å². The third kappa shape index (κ3) is 9.63. The van der Waals surface area contributed by atoms with Crippen LogP contribution in [-0.2, 0) is 9.53 Å². The van der Waals surface area contributed by atoms with Gasteiger partial charge in [0.15, 0.2) is 0 Å². The van der Waals surface area contributed by atoms with Crippen molar-refractivity contribution in [2.24, 2.45) is 5.41 Å². The van der Waals surface area contributed by atoms with Crippen molar-refractivity contribution in [3.05, 3.63) is 0 Å². The van der Waals surface area contributed by atoms with Gasteiger partial charge >= 0.3 is 0 Å². The van der Waals surface area contributed by atoms with E-state index in [4.69, 9.17) is 4.74 Å². The summed E-state index contributed by atoms with van der Waals surface area (Å²) in [6, 6.07) is 0. The van der Waals surface area contributed by atoms with E-state index in [9.17, 15) is 4.79 Å². The zero-order valence-electron chi connectivity index (χ0n) is 8.64. The molecule has 0 fully saturated rings. The zero-order valence-corrected chi connectivity index (χ0v) is 8.64. The van der Waals surface area contributed by atoms with Gasteiger partial charge in [0.25, 0.3) is 0 Å². The van der Waals surface area contributed by atoms with Crippen molar-refractivity contribution in [1.29, 1.82) is 0 Å². The summed E-state index contributed by atoms with van der Waals surface area (Å²) in [6.45, 7) is 9.47. The normalized spacial score (nSPS) is 11.7. The highest BCUT2D eigenvalue weighted by Crippen LogP contribution is 2.17. The van der Waals surface area contributed by atoms with Crippen LogP contribution in [0.2, 0.25) is 0 Å². The lowest BCUT2D eigenvalue weighted by Gasteiger charge is -2.17. The van der Waals surface area contributed by atoms with Crippen LogP contribution >= 0.6 is 0 Å². The lowest BCUT2D eigenvalue weighted by Crippen LogP contribution is -2.10. The molecule has 2 heteroatoms. The standard InChI is InChI=1S/C10H20O2/c1-9(11)5-7-12-8-6-10(2,3)4/h5-8H2,1-4H3. The second-order valence-corrected chi connectivity index (χ2v) is 4.38. The Morgan fingerprint density at radius 1 is 1.25 bits per heavy atom. The maximum atomic E-state index is 10.5. The molecule has 12 heavy (non-hydrogen) atoms. The number of hydrogen-bond acceptors (Lipinski definition) is 2. The monoisotopic (exact) mass is 172 g/mol. The molecule has 0 radical (unpaired) electrons. The van der Waals surface area contributed by atoms with Crippen molar-refractivity contribution in [1.82, 2.24) is 0 Å². The van der Waals surface area contributed by atoms with Crippen LogP contribution in [0.15, 0.2) is 0 Å². The summed E-state index contributed by atoms with van der Waals surface area (Å²) in [5.74, 6) is 0.200. The molecule has 2 nitrogen and oxygen atoms in total. The van der Waals surface area contributed by atoms with Crippen molar-refractivity contribution < 1.29 is 9.53 Å². The molecule has 0 saturated heterocycles. The molecule has 0 unspecified atom stereocenters. The van der Waals surface area contributed by atoms with Gasteiger partial charge in [-0.3, -0.25) is 4.79 Å². The van der Waals surface area contributed by atoms with E-state index in [1.807, 2.05) is 0 Å². The topological polar surface area (TPSA) is 26.3 Å². The second-order valence-electron chi connectivity index (χ2n) is 4.38. The Labute approximate surface area is 75.3 Å². The first-order valence-electron chi connectivity index (χ1n) is 4.49. The van der Waals surface area contributed by atoms with Crippen molar-refractivity contribution in [2.75, 3.05) is 13.2 Å².